The molecule has 0 aromatic heterocycles. The molecule has 3 aromatic carbocycles. The van der Waals surface area contributed by atoms with E-state index in [0.29, 0.717) is 11.3 Å². The molecule has 32 heavy (non-hydrogen) atoms. The van der Waals surface area contributed by atoms with Crippen LogP contribution in [0.3, 0.4) is 0 Å². The molecule has 5 heteroatoms. The van der Waals surface area contributed by atoms with Crippen molar-refractivity contribution >= 4 is 29.2 Å². The van der Waals surface area contributed by atoms with Crippen LogP contribution in [0.1, 0.15) is 58.0 Å². The zero-order chi connectivity index (χ0) is 22.9. The minimum atomic E-state index is -0.610. The molecule has 3 aromatic rings. The molecule has 0 saturated carbocycles. The van der Waals surface area contributed by atoms with Crippen molar-refractivity contribution in [2.75, 3.05) is 11.5 Å². The predicted octanol–water partition coefficient (Wildman–Crippen LogP) is 5.70. The smallest absolute Gasteiger partial charge is 0.345 e. The number of anilines is 2. The van der Waals surface area contributed by atoms with Gasteiger partial charge in [0, 0.05) is 16.9 Å². The number of unbranched alkanes of at least 4 members (excludes halogenated alkanes) is 2. The average molecular weight is 429 g/mol. The lowest BCUT2D eigenvalue weighted by molar-refractivity contribution is 0.0735. The van der Waals surface area contributed by atoms with E-state index >= 15 is 0 Å². The van der Waals surface area contributed by atoms with E-state index in [0.717, 1.165) is 12.0 Å². The summed E-state index contributed by atoms with van der Waals surface area (Å²) in [5, 5.41) is 0. The number of carbonyl (C=O) groups is 2. The lowest BCUT2D eigenvalue weighted by atomic mass is 10.0. The molecule has 0 unspecified atom stereocenters. The Morgan fingerprint density at radius 3 is 2.44 bits per heavy atom. The molecule has 0 aliphatic rings. The molecule has 3 rings (SSSR count). The third-order valence-electron chi connectivity index (χ3n) is 5.10. The van der Waals surface area contributed by atoms with Crippen LogP contribution in [0.4, 0.5) is 11.4 Å². The van der Waals surface area contributed by atoms with Gasteiger partial charge in [0.2, 0.25) is 0 Å². The van der Waals surface area contributed by atoms with Gasteiger partial charge in [0.05, 0.1) is 5.56 Å². The fourth-order valence-corrected chi connectivity index (χ4v) is 3.28. The number of carbonyl (C=O) groups excluding carboxylic acids is 2. The van der Waals surface area contributed by atoms with Crippen molar-refractivity contribution in [1.82, 2.24) is 0 Å². The summed E-state index contributed by atoms with van der Waals surface area (Å²) in [7, 11) is 0. The van der Waals surface area contributed by atoms with Crippen molar-refractivity contribution in [2.45, 2.75) is 32.6 Å². The lowest BCUT2D eigenvalue weighted by Gasteiger charge is -2.08. The van der Waals surface area contributed by atoms with Crippen LogP contribution in [0.25, 0.3) is 6.08 Å². The van der Waals surface area contributed by atoms with E-state index in [2.05, 4.69) is 19.1 Å². The molecule has 0 aliphatic carbocycles. The Balaban J connectivity index is 1.64. The van der Waals surface area contributed by atoms with Gasteiger partial charge in [-0.1, -0.05) is 62.2 Å². The number of hydrogen-bond acceptors (Lipinski definition) is 5. The SMILES string of the molecule is CCCCCc1ccc(C=CC(=O)c2cccc(OC(=O)c3ccc(N)cc3N)c2)cc1. The second kappa shape index (κ2) is 11.0. The highest BCUT2D eigenvalue weighted by Crippen LogP contribution is 2.20. The van der Waals surface area contributed by atoms with E-state index in [4.69, 9.17) is 16.2 Å². The third-order valence-corrected chi connectivity index (χ3v) is 5.10. The Labute approximate surface area is 188 Å². The first-order chi connectivity index (χ1) is 15.5. The fraction of sp³-hybridized carbons (Fsp3) is 0.185. The van der Waals surface area contributed by atoms with Gasteiger partial charge in [-0.3, -0.25) is 4.79 Å². The van der Waals surface area contributed by atoms with Crippen LogP contribution in [0.2, 0.25) is 0 Å². The second-order valence-electron chi connectivity index (χ2n) is 7.66. The monoisotopic (exact) mass is 428 g/mol. The van der Waals surface area contributed by atoms with Crippen LogP contribution in [0.5, 0.6) is 5.75 Å². The molecule has 0 aliphatic heterocycles. The van der Waals surface area contributed by atoms with Crippen LogP contribution in [0.15, 0.2) is 72.8 Å². The Morgan fingerprint density at radius 1 is 0.938 bits per heavy atom. The highest BCUT2D eigenvalue weighted by Gasteiger charge is 2.13. The highest BCUT2D eigenvalue weighted by molar-refractivity contribution is 6.07. The van der Waals surface area contributed by atoms with E-state index in [1.165, 1.54) is 49.1 Å². The van der Waals surface area contributed by atoms with Crippen molar-refractivity contribution in [1.29, 1.82) is 0 Å². The maximum absolute atomic E-state index is 12.6. The summed E-state index contributed by atoms with van der Waals surface area (Å²) in [4.78, 5) is 25.0. The summed E-state index contributed by atoms with van der Waals surface area (Å²) in [6.45, 7) is 2.19. The second-order valence-corrected chi connectivity index (χ2v) is 7.66. The van der Waals surface area contributed by atoms with Gasteiger partial charge in [0.1, 0.15) is 5.75 Å². The van der Waals surface area contributed by atoms with Crippen LogP contribution in [-0.2, 0) is 6.42 Å². The molecule has 4 N–H and O–H groups in total. The molecule has 0 heterocycles. The van der Waals surface area contributed by atoms with Gasteiger partial charge in [-0.15, -0.1) is 0 Å². The van der Waals surface area contributed by atoms with Crippen molar-refractivity contribution in [2.24, 2.45) is 0 Å². The molecule has 0 fully saturated rings. The molecule has 0 radical (unpaired) electrons. The van der Waals surface area contributed by atoms with E-state index in [-0.39, 0.29) is 22.8 Å². The summed E-state index contributed by atoms with van der Waals surface area (Å²) < 4.78 is 5.39. The minimum Gasteiger partial charge on any atom is -0.423 e. The Morgan fingerprint density at radius 2 is 1.72 bits per heavy atom. The maximum Gasteiger partial charge on any atom is 0.345 e. The first-order valence-electron chi connectivity index (χ1n) is 10.7. The number of ketones is 1. The number of ether oxygens (including phenoxy) is 1. The van der Waals surface area contributed by atoms with E-state index < -0.39 is 5.97 Å². The molecular weight excluding hydrogens is 400 g/mol. The van der Waals surface area contributed by atoms with E-state index in [1.807, 2.05) is 12.1 Å². The van der Waals surface area contributed by atoms with Crippen LogP contribution in [-0.4, -0.2) is 11.8 Å². The summed E-state index contributed by atoms with van der Waals surface area (Å²) in [6.07, 6.45) is 8.01. The summed E-state index contributed by atoms with van der Waals surface area (Å²) in [6, 6.07) is 19.3. The zero-order valence-corrected chi connectivity index (χ0v) is 18.2. The van der Waals surface area contributed by atoms with Gasteiger partial charge < -0.3 is 16.2 Å². The largest absolute Gasteiger partial charge is 0.423 e. The van der Waals surface area contributed by atoms with Crippen molar-refractivity contribution in [3.05, 3.63) is 95.1 Å². The number of nitrogens with two attached hydrogens (primary N) is 2. The number of rotatable bonds is 9. The Kier molecular flexibility index (Phi) is 7.81. The van der Waals surface area contributed by atoms with Crippen molar-refractivity contribution < 1.29 is 14.3 Å². The lowest BCUT2D eigenvalue weighted by Crippen LogP contribution is -2.11. The van der Waals surface area contributed by atoms with Gasteiger partial charge in [-0.25, -0.2) is 4.79 Å². The number of aryl methyl sites for hydroxylation is 1. The fourth-order valence-electron chi connectivity index (χ4n) is 3.28. The van der Waals surface area contributed by atoms with Gasteiger partial charge in [0.15, 0.2) is 5.78 Å². The number of benzene rings is 3. The minimum absolute atomic E-state index is 0.179. The number of nitrogen functional groups attached to an aromatic ring is 2. The first-order valence-corrected chi connectivity index (χ1v) is 10.7. The quantitative estimate of drug-likeness (QED) is 0.114. The predicted molar refractivity (Wildman–Crippen MR) is 130 cm³/mol. The topological polar surface area (TPSA) is 95.4 Å². The normalized spacial score (nSPS) is 10.9. The van der Waals surface area contributed by atoms with Crippen molar-refractivity contribution in [3.8, 4) is 5.75 Å². The van der Waals surface area contributed by atoms with E-state index in [1.54, 1.807) is 30.3 Å². The van der Waals surface area contributed by atoms with Crippen LogP contribution < -0.4 is 16.2 Å². The summed E-state index contributed by atoms with van der Waals surface area (Å²) in [5.74, 6) is -0.523. The first kappa shape index (κ1) is 22.8. The van der Waals surface area contributed by atoms with Gasteiger partial charge in [0.25, 0.3) is 0 Å². The van der Waals surface area contributed by atoms with Crippen LogP contribution in [0, 0.1) is 0 Å². The van der Waals surface area contributed by atoms with Gasteiger partial charge >= 0.3 is 5.97 Å². The number of esters is 1. The molecule has 0 spiro atoms. The molecule has 5 nitrogen and oxygen atoms in total. The summed E-state index contributed by atoms with van der Waals surface area (Å²) in [5.41, 5.74) is 15.1. The van der Waals surface area contributed by atoms with Crippen LogP contribution >= 0.6 is 0 Å². The third kappa shape index (κ3) is 6.32. The standard InChI is InChI=1S/C27H28N2O3/c1-2-3-4-6-19-9-11-20(12-10-19)13-16-26(30)21-7-5-8-23(17-21)32-27(31)24-15-14-22(28)18-25(24)29/h5,7-18H,2-4,6,28-29H2,1H3. The molecule has 0 atom stereocenters. The van der Waals surface area contributed by atoms with E-state index in [9.17, 15) is 9.59 Å². The summed E-state index contributed by atoms with van der Waals surface area (Å²) >= 11 is 0. The number of allylic oxidation sites excluding steroid dienone is 1. The maximum atomic E-state index is 12.6. The van der Waals surface area contributed by atoms with Gasteiger partial charge in [-0.05, 0) is 60.4 Å². The molecule has 0 bridgehead atoms. The molecular formula is C27H28N2O3. The van der Waals surface area contributed by atoms with Gasteiger partial charge in [-0.2, -0.15) is 0 Å². The zero-order valence-electron chi connectivity index (χ0n) is 18.2. The Bertz CT molecular complexity index is 1120. The average Bonchev–Trinajstić information content (AvgIpc) is 2.78. The molecule has 0 amide bonds. The molecule has 0 saturated heterocycles. The molecule has 164 valence electrons. The van der Waals surface area contributed by atoms with Crippen molar-refractivity contribution in [3.63, 3.8) is 0 Å². The number of hydrogen-bond donors (Lipinski definition) is 2. The Hall–Kier alpha value is -3.86. The highest BCUT2D eigenvalue weighted by atomic mass is 16.5.